The molecular weight excluding hydrogens is 625 g/mol. The summed E-state index contributed by atoms with van der Waals surface area (Å²) in [5.41, 5.74) is 0.671. The number of nitrogens with zero attached hydrogens (tertiary/aromatic N) is 2. The monoisotopic (exact) mass is 661 g/mol. The van der Waals surface area contributed by atoms with Crippen molar-refractivity contribution >= 4 is 50.7 Å². The number of rotatable bonds is 13. The van der Waals surface area contributed by atoms with Crippen molar-refractivity contribution < 1.29 is 27.5 Å². The van der Waals surface area contributed by atoms with Crippen LogP contribution in [-0.2, 0) is 26.2 Å². The summed E-state index contributed by atoms with van der Waals surface area (Å²) in [6, 6.07) is 16.6. The van der Waals surface area contributed by atoms with Gasteiger partial charge >= 0.3 is 0 Å². The fraction of sp³-hybridized carbons (Fsp3) is 0.375. The number of methoxy groups -OCH3 is 2. The number of halogens is 2. The highest BCUT2D eigenvalue weighted by atomic mass is 35.5. The van der Waals surface area contributed by atoms with Crippen molar-refractivity contribution in [2.45, 2.75) is 62.6 Å². The molecule has 1 N–H and O–H groups in total. The molecule has 44 heavy (non-hydrogen) atoms. The minimum absolute atomic E-state index is 0.0176. The lowest BCUT2D eigenvalue weighted by molar-refractivity contribution is -0.140. The Hall–Kier alpha value is -3.47. The molecule has 1 aliphatic rings. The topological polar surface area (TPSA) is 105 Å². The standard InChI is InChI=1S/C32H37Cl2N3O6S/c1-4-28(32(39)35-24-10-8-9-11-24)36(20-22-14-15-23(33)18-27(22)34)31(38)21-37(44(40,41)26-12-6-5-7-13-26)29-19-25(42-2)16-17-30(29)43-3/h5-7,12-19,24,28H,4,8-11,20-21H2,1-3H3,(H,35,39). The van der Waals surface area contributed by atoms with Gasteiger partial charge in [0.25, 0.3) is 10.0 Å². The van der Waals surface area contributed by atoms with E-state index in [1.807, 2.05) is 6.92 Å². The first-order valence-corrected chi connectivity index (χ1v) is 16.6. The fourth-order valence-electron chi connectivity index (χ4n) is 5.35. The number of hydrogen-bond acceptors (Lipinski definition) is 6. The average molecular weight is 663 g/mol. The second-order valence-electron chi connectivity index (χ2n) is 10.5. The Bertz CT molecular complexity index is 1570. The van der Waals surface area contributed by atoms with Crippen molar-refractivity contribution in [1.82, 2.24) is 10.2 Å². The molecule has 0 aromatic heterocycles. The average Bonchev–Trinajstić information content (AvgIpc) is 3.53. The van der Waals surface area contributed by atoms with Gasteiger partial charge in [-0.2, -0.15) is 0 Å². The maximum absolute atomic E-state index is 14.4. The van der Waals surface area contributed by atoms with Crippen LogP contribution in [0, 0.1) is 0 Å². The summed E-state index contributed by atoms with van der Waals surface area (Å²) in [6.45, 7) is 1.14. The van der Waals surface area contributed by atoms with Gasteiger partial charge in [0.1, 0.15) is 24.1 Å². The maximum atomic E-state index is 14.4. The molecule has 3 aromatic rings. The molecule has 3 aromatic carbocycles. The van der Waals surface area contributed by atoms with Gasteiger partial charge < -0.3 is 19.7 Å². The normalized spacial score (nSPS) is 14.1. The number of carbonyl (C=O) groups excluding carboxylic acids is 2. The fourth-order valence-corrected chi connectivity index (χ4v) is 7.25. The Morgan fingerprint density at radius 1 is 0.977 bits per heavy atom. The molecule has 2 amide bonds. The molecule has 0 bridgehead atoms. The molecule has 1 atom stereocenters. The van der Waals surface area contributed by atoms with E-state index >= 15 is 0 Å². The van der Waals surface area contributed by atoms with Gasteiger partial charge in [-0.3, -0.25) is 13.9 Å². The van der Waals surface area contributed by atoms with Crippen molar-refractivity contribution in [2.24, 2.45) is 0 Å². The maximum Gasteiger partial charge on any atom is 0.264 e. The number of amides is 2. The van der Waals surface area contributed by atoms with Crippen LogP contribution in [0.1, 0.15) is 44.6 Å². The summed E-state index contributed by atoms with van der Waals surface area (Å²) >= 11 is 12.6. The van der Waals surface area contributed by atoms with E-state index in [0.29, 0.717) is 27.8 Å². The number of carbonyl (C=O) groups is 2. The molecule has 0 saturated heterocycles. The van der Waals surface area contributed by atoms with E-state index in [0.717, 1.165) is 30.0 Å². The third-order valence-electron chi connectivity index (χ3n) is 7.71. The zero-order valence-corrected chi connectivity index (χ0v) is 27.3. The minimum Gasteiger partial charge on any atom is -0.497 e. The first kappa shape index (κ1) is 33.4. The highest BCUT2D eigenvalue weighted by molar-refractivity contribution is 7.92. The highest BCUT2D eigenvalue weighted by Gasteiger charge is 2.36. The lowest BCUT2D eigenvalue weighted by Gasteiger charge is -2.34. The molecule has 12 heteroatoms. The van der Waals surface area contributed by atoms with Crippen molar-refractivity contribution in [3.8, 4) is 11.5 Å². The molecule has 1 unspecified atom stereocenters. The second kappa shape index (κ2) is 15.0. The summed E-state index contributed by atoms with van der Waals surface area (Å²) in [7, 11) is -1.42. The van der Waals surface area contributed by atoms with E-state index in [9.17, 15) is 18.0 Å². The van der Waals surface area contributed by atoms with E-state index in [1.54, 1.807) is 48.5 Å². The van der Waals surface area contributed by atoms with Crippen molar-refractivity contribution in [1.29, 1.82) is 0 Å². The largest absolute Gasteiger partial charge is 0.497 e. The van der Waals surface area contributed by atoms with Gasteiger partial charge in [-0.1, -0.05) is 67.2 Å². The third kappa shape index (κ3) is 7.78. The highest BCUT2D eigenvalue weighted by Crippen LogP contribution is 2.36. The quantitative estimate of drug-likeness (QED) is 0.238. The smallest absolute Gasteiger partial charge is 0.264 e. The van der Waals surface area contributed by atoms with Crippen molar-refractivity contribution in [2.75, 3.05) is 25.1 Å². The Morgan fingerprint density at radius 3 is 2.30 bits per heavy atom. The number of hydrogen-bond donors (Lipinski definition) is 1. The lowest BCUT2D eigenvalue weighted by atomic mass is 10.1. The molecule has 4 rings (SSSR count). The van der Waals surface area contributed by atoms with Crippen molar-refractivity contribution in [3.63, 3.8) is 0 Å². The Kier molecular flexibility index (Phi) is 11.4. The molecule has 0 radical (unpaired) electrons. The predicted molar refractivity (Wildman–Crippen MR) is 172 cm³/mol. The number of anilines is 1. The first-order valence-electron chi connectivity index (χ1n) is 14.4. The lowest BCUT2D eigenvalue weighted by Crippen LogP contribution is -2.53. The van der Waals surface area contributed by atoms with E-state index in [4.69, 9.17) is 32.7 Å². The van der Waals surface area contributed by atoms with Crippen molar-refractivity contribution in [3.05, 3.63) is 82.3 Å². The van der Waals surface area contributed by atoms with Crippen LogP contribution in [-0.4, -0.2) is 58.0 Å². The predicted octanol–water partition coefficient (Wildman–Crippen LogP) is 6.07. The van der Waals surface area contributed by atoms with Crippen LogP contribution in [0.15, 0.2) is 71.6 Å². The van der Waals surface area contributed by atoms with E-state index in [2.05, 4.69) is 5.32 Å². The van der Waals surface area contributed by atoms with Crippen LogP contribution in [0.25, 0.3) is 0 Å². The summed E-state index contributed by atoms with van der Waals surface area (Å²) in [5, 5.41) is 3.84. The Morgan fingerprint density at radius 2 is 1.68 bits per heavy atom. The molecule has 1 aliphatic carbocycles. The SMILES string of the molecule is CCC(C(=O)NC1CCCC1)N(Cc1ccc(Cl)cc1Cl)C(=O)CN(c1cc(OC)ccc1OC)S(=O)(=O)c1ccccc1. The van der Waals surface area contributed by atoms with Crippen LogP contribution in [0.3, 0.4) is 0 Å². The first-order chi connectivity index (χ1) is 21.1. The zero-order valence-electron chi connectivity index (χ0n) is 25.0. The van der Waals surface area contributed by atoms with Crippen LogP contribution in [0.5, 0.6) is 11.5 Å². The Labute approximate surface area is 269 Å². The molecule has 1 saturated carbocycles. The molecular formula is C32H37Cl2N3O6S. The molecule has 0 heterocycles. The van der Waals surface area contributed by atoms with E-state index < -0.39 is 28.5 Å². The summed E-state index contributed by atoms with van der Waals surface area (Å²) in [6.07, 6.45) is 4.10. The van der Waals surface area contributed by atoms with Crippen LogP contribution < -0.4 is 19.1 Å². The molecule has 236 valence electrons. The summed E-state index contributed by atoms with van der Waals surface area (Å²) in [4.78, 5) is 29.4. The van der Waals surface area contributed by atoms with E-state index in [1.165, 1.54) is 37.3 Å². The molecule has 0 aliphatic heterocycles. The van der Waals surface area contributed by atoms with Crippen LogP contribution >= 0.6 is 23.2 Å². The second-order valence-corrected chi connectivity index (χ2v) is 13.2. The number of ether oxygens (including phenoxy) is 2. The van der Waals surface area contributed by atoms with Gasteiger partial charge in [0, 0.05) is 28.7 Å². The molecule has 9 nitrogen and oxygen atoms in total. The van der Waals surface area contributed by atoms with Crippen LogP contribution in [0.4, 0.5) is 5.69 Å². The number of nitrogens with one attached hydrogen (secondary N) is 1. The summed E-state index contributed by atoms with van der Waals surface area (Å²) in [5.74, 6) is -0.312. The molecule has 0 spiro atoms. The molecule has 1 fully saturated rings. The number of benzene rings is 3. The van der Waals surface area contributed by atoms with Crippen LogP contribution in [0.2, 0.25) is 10.0 Å². The van der Waals surface area contributed by atoms with E-state index in [-0.39, 0.29) is 34.8 Å². The van der Waals surface area contributed by atoms with Gasteiger partial charge in [0.2, 0.25) is 11.8 Å². The third-order valence-corrected chi connectivity index (χ3v) is 10.1. The Balaban J connectivity index is 1.79. The zero-order chi connectivity index (χ0) is 31.9. The minimum atomic E-state index is -4.29. The number of sulfonamides is 1. The van der Waals surface area contributed by atoms with Gasteiger partial charge in [0.15, 0.2) is 0 Å². The van der Waals surface area contributed by atoms with Gasteiger partial charge in [-0.25, -0.2) is 8.42 Å². The van der Waals surface area contributed by atoms with Gasteiger partial charge in [0.05, 0.1) is 24.8 Å². The van der Waals surface area contributed by atoms with Gasteiger partial charge in [-0.05, 0) is 61.2 Å². The van der Waals surface area contributed by atoms with Gasteiger partial charge in [-0.15, -0.1) is 0 Å². The summed E-state index contributed by atoms with van der Waals surface area (Å²) < 4.78 is 40.2.